The van der Waals surface area contributed by atoms with Gasteiger partial charge in [-0.25, -0.2) is 0 Å². The van der Waals surface area contributed by atoms with Crippen LogP contribution < -0.4 is 5.32 Å². The van der Waals surface area contributed by atoms with E-state index in [1.807, 2.05) is 6.08 Å². The second kappa shape index (κ2) is 5.92. The Kier molecular flexibility index (Phi) is 4.46. The van der Waals surface area contributed by atoms with Crippen molar-refractivity contribution in [3.05, 3.63) is 41.5 Å². The van der Waals surface area contributed by atoms with Gasteiger partial charge in [0.05, 0.1) is 0 Å². The summed E-state index contributed by atoms with van der Waals surface area (Å²) in [5.74, 6) is 0.591. The van der Waals surface area contributed by atoms with Crippen molar-refractivity contribution < 1.29 is 0 Å². The number of hydrogen-bond acceptors (Lipinski definition) is 1. The van der Waals surface area contributed by atoms with E-state index in [0.29, 0.717) is 11.3 Å². The van der Waals surface area contributed by atoms with Gasteiger partial charge in [0.25, 0.3) is 0 Å². The van der Waals surface area contributed by atoms with Crippen LogP contribution in [0.5, 0.6) is 0 Å². The molecule has 1 nitrogen and oxygen atoms in total. The average Bonchev–Trinajstić information content (AvgIpc) is 2.47. The van der Waals surface area contributed by atoms with Crippen molar-refractivity contribution in [3.63, 3.8) is 0 Å². The van der Waals surface area contributed by atoms with E-state index < -0.39 is 0 Å². The first-order chi connectivity index (χ1) is 9.13. The molecule has 0 unspecified atom stereocenters. The van der Waals surface area contributed by atoms with Crippen LogP contribution in [0.15, 0.2) is 24.8 Å². The van der Waals surface area contributed by atoms with E-state index in [1.54, 1.807) is 0 Å². The highest BCUT2D eigenvalue weighted by molar-refractivity contribution is 5.56. The number of nitrogens with one attached hydrogen (secondary N) is 1. The van der Waals surface area contributed by atoms with Crippen LogP contribution >= 0.6 is 0 Å². The number of rotatable bonds is 4. The quantitative estimate of drug-likeness (QED) is 0.838. The summed E-state index contributed by atoms with van der Waals surface area (Å²) in [5.41, 5.74) is 4.65. The van der Waals surface area contributed by atoms with Crippen molar-refractivity contribution >= 4 is 6.08 Å². The molecule has 1 saturated heterocycles. The van der Waals surface area contributed by atoms with Crippen LogP contribution in [0, 0.1) is 0 Å². The van der Waals surface area contributed by atoms with Gasteiger partial charge < -0.3 is 5.32 Å². The summed E-state index contributed by atoms with van der Waals surface area (Å²) < 4.78 is 0. The third-order valence-electron chi connectivity index (χ3n) is 4.77. The molecule has 1 aliphatic heterocycles. The van der Waals surface area contributed by atoms with E-state index in [4.69, 9.17) is 0 Å². The lowest BCUT2D eigenvalue weighted by Gasteiger charge is -2.39. The Balaban J connectivity index is 2.50. The molecule has 0 spiro atoms. The Morgan fingerprint density at radius 1 is 1.32 bits per heavy atom. The van der Waals surface area contributed by atoms with Crippen LogP contribution in [0.25, 0.3) is 6.08 Å². The first-order valence-electron chi connectivity index (χ1n) is 7.60. The highest BCUT2D eigenvalue weighted by Gasteiger charge is 2.33. The smallest absolute Gasteiger partial charge is 0.00195 e. The van der Waals surface area contributed by atoms with Gasteiger partial charge in [-0.2, -0.15) is 0 Å². The van der Waals surface area contributed by atoms with E-state index in [2.05, 4.69) is 50.9 Å². The maximum Gasteiger partial charge on any atom is -0.00195 e. The zero-order chi connectivity index (χ0) is 13.9. The van der Waals surface area contributed by atoms with E-state index in [0.717, 1.165) is 13.1 Å². The van der Waals surface area contributed by atoms with Gasteiger partial charge in [0.1, 0.15) is 0 Å². The average molecular weight is 257 g/mol. The molecule has 1 aliphatic rings. The third kappa shape index (κ3) is 2.76. The van der Waals surface area contributed by atoms with Crippen molar-refractivity contribution in [1.82, 2.24) is 5.32 Å². The van der Waals surface area contributed by atoms with Crippen LogP contribution in [0.2, 0.25) is 0 Å². The third-order valence-corrected chi connectivity index (χ3v) is 4.77. The number of piperidine rings is 1. The van der Waals surface area contributed by atoms with Crippen LogP contribution in [-0.4, -0.2) is 13.1 Å². The van der Waals surface area contributed by atoms with E-state index in [1.165, 1.54) is 36.0 Å². The molecular formula is C18H27N. The minimum atomic E-state index is 0.347. The highest BCUT2D eigenvalue weighted by Crippen LogP contribution is 2.40. The van der Waals surface area contributed by atoms with Gasteiger partial charge in [0.15, 0.2) is 0 Å². The molecule has 0 aromatic heterocycles. The van der Waals surface area contributed by atoms with Crippen LogP contribution in [0.3, 0.4) is 0 Å². The maximum atomic E-state index is 4.01. The summed E-state index contributed by atoms with van der Waals surface area (Å²) in [5, 5.41) is 3.49. The van der Waals surface area contributed by atoms with Gasteiger partial charge in [0, 0.05) is 0 Å². The monoisotopic (exact) mass is 257 g/mol. The molecule has 0 radical (unpaired) electrons. The van der Waals surface area contributed by atoms with Gasteiger partial charge in [-0.1, -0.05) is 51.6 Å². The lowest BCUT2D eigenvalue weighted by molar-refractivity contribution is 0.297. The zero-order valence-corrected chi connectivity index (χ0v) is 12.6. The summed E-state index contributed by atoms with van der Waals surface area (Å²) in [6.07, 6.45) is 5.73. The van der Waals surface area contributed by atoms with Crippen molar-refractivity contribution in [3.8, 4) is 0 Å². The first-order valence-corrected chi connectivity index (χ1v) is 7.60. The Morgan fingerprint density at radius 3 is 2.53 bits per heavy atom. The lowest BCUT2D eigenvalue weighted by Crippen LogP contribution is -2.40. The van der Waals surface area contributed by atoms with Gasteiger partial charge in [-0.05, 0) is 60.4 Å². The topological polar surface area (TPSA) is 12.0 Å². The van der Waals surface area contributed by atoms with Gasteiger partial charge in [0.2, 0.25) is 0 Å². The van der Waals surface area contributed by atoms with Crippen molar-refractivity contribution in [1.29, 1.82) is 0 Å². The minimum absolute atomic E-state index is 0.347. The van der Waals surface area contributed by atoms with E-state index in [9.17, 15) is 0 Å². The Bertz CT molecular complexity index is 439. The fourth-order valence-corrected chi connectivity index (χ4v) is 3.29. The molecule has 1 heteroatoms. The molecule has 104 valence electrons. The van der Waals surface area contributed by atoms with Gasteiger partial charge in [-0.15, -0.1) is 0 Å². The first kappa shape index (κ1) is 14.3. The SMILES string of the molecule is C=Cc1ccc(C(C)C)cc1C1(CC)CCNCC1. The number of hydrogen-bond donors (Lipinski definition) is 1. The van der Waals surface area contributed by atoms with Gasteiger partial charge >= 0.3 is 0 Å². The zero-order valence-electron chi connectivity index (χ0n) is 12.6. The normalized spacial score (nSPS) is 18.5. The van der Waals surface area contributed by atoms with Crippen molar-refractivity contribution in [2.24, 2.45) is 0 Å². The van der Waals surface area contributed by atoms with E-state index >= 15 is 0 Å². The molecule has 2 rings (SSSR count). The second-order valence-corrected chi connectivity index (χ2v) is 6.09. The molecule has 19 heavy (non-hydrogen) atoms. The van der Waals surface area contributed by atoms with Gasteiger partial charge in [-0.3, -0.25) is 0 Å². The molecule has 0 aliphatic carbocycles. The predicted molar refractivity (Wildman–Crippen MR) is 84.7 cm³/mol. The maximum absolute atomic E-state index is 4.01. The molecule has 0 amide bonds. The van der Waals surface area contributed by atoms with E-state index in [-0.39, 0.29) is 0 Å². The Morgan fingerprint density at radius 2 is 2.00 bits per heavy atom. The molecule has 1 fully saturated rings. The molecular weight excluding hydrogens is 230 g/mol. The molecule has 1 aromatic carbocycles. The van der Waals surface area contributed by atoms with Crippen molar-refractivity contribution in [2.45, 2.75) is 51.4 Å². The fourth-order valence-electron chi connectivity index (χ4n) is 3.29. The predicted octanol–water partition coefficient (Wildman–Crippen LogP) is 4.48. The number of benzene rings is 1. The molecule has 0 atom stereocenters. The molecule has 1 aromatic rings. The van der Waals surface area contributed by atoms with Crippen LogP contribution in [0.4, 0.5) is 0 Å². The summed E-state index contributed by atoms with van der Waals surface area (Å²) in [4.78, 5) is 0. The summed E-state index contributed by atoms with van der Waals surface area (Å²) in [6.45, 7) is 13.2. The van der Waals surface area contributed by atoms with Crippen LogP contribution in [0.1, 0.15) is 62.6 Å². The lowest BCUT2D eigenvalue weighted by atomic mass is 9.69. The Labute approximate surface area is 118 Å². The Hall–Kier alpha value is -1.08. The molecule has 1 N–H and O–H groups in total. The van der Waals surface area contributed by atoms with Crippen LogP contribution in [-0.2, 0) is 5.41 Å². The summed E-state index contributed by atoms with van der Waals surface area (Å²) in [7, 11) is 0. The molecule has 0 saturated carbocycles. The van der Waals surface area contributed by atoms with Crippen molar-refractivity contribution in [2.75, 3.05) is 13.1 Å². The summed E-state index contributed by atoms with van der Waals surface area (Å²) in [6, 6.07) is 6.96. The molecule has 1 heterocycles. The highest BCUT2D eigenvalue weighted by atomic mass is 14.9. The fraction of sp³-hybridized carbons (Fsp3) is 0.556. The molecule has 0 bridgehead atoms. The second-order valence-electron chi connectivity index (χ2n) is 6.09. The summed E-state index contributed by atoms with van der Waals surface area (Å²) >= 11 is 0. The largest absolute Gasteiger partial charge is 0.317 e. The standard InChI is InChI=1S/C18H27N/c1-5-15-7-8-16(14(3)4)13-17(15)18(6-2)9-11-19-12-10-18/h5,7-8,13-14,19H,1,6,9-12H2,2-4H3. The minimum Gasteiger partial charge on any atom is -0.317 e.